The average molecular weight is 441 g/mol. The van der Waals surface area contributed by atoms with Gasteiger partial charge in [0.05, 0.1) is 15.0 Å². The van der Waals surface area contributed by atoms with Crippen molar-refractivity contribution in [2.24, 2.45) is 0 Å². The Labute approximate surface area is 170 Å². The Morgan fingerprint density at radius 1 is 1.00 bits per heavy atom. The molecule has 1 heterocycles. The third-order valence-corrected chi connectivity index (χ3v) is 5.29. The number of anilines is 2. The van der Waals surface area contributed by atoms with Gasteiger partial charge in [-0.25, -0.2) is 0 Å². The molecule has 0 saturated carbocycles. The van der Waals surface area contributed by atoms with E-state index in [-0.39, 0.29) is 11.8 Å². The van der Waals surface area contributed by atoms with E-state index in [0.717, 1.165) is 14.2 Å². The van der Waals surface area contributed by atoms with Gasteiger partial charge in [0.25, 0.3) is 5.91 Å². The molecule has 0 bridgehead atoms. The Morgan fingerprint density at radius 2 is 1.81 bits per heavy atom. The second-order valence-corrected chi connectivity index (χ2v) is 8.33. The van der Waals surface area contributed by atoms with Gasteiger partial charge >= 0.3 is 0 Å². The molecule has 2 aromatic carbocycles. The number of aryl methyl sites for hydroxylation is 1. The summed E-state index contributed by atoms with van der Waals surface area (Å²) in [5.74, 6) is -0.571. The summed E-state index contributed by atoms with van der Waals surface area (Å²) in [5, 5.41) is 5.63. The van der Waals surface area contributed by atoms with Gasteiger partial charge in [-0.1, -0.05) is 24.3 Å². The van der Waals surface area contributed by atoms with Gasteiger partial charge in [0.15, 0.2) is 0 Å². The van der Waals surface area contributed by atoms with Gasteiger partial charge in [0, 0.05) is 16.6 Å². The van der Waals surface area contributed by atoms with Crippen molar-refractivity contribution in [3.63, 3.8) is 0 Å². The molecule has 0 aliphatic rings. The molecule has 4 nitrogen and oxygen atoms in total. The van der Waals surface area contributed by atoms with Crippen LogP contribution in [0.2, 0.25) is 0 Å². The Morgan fingerprint density at radius 3 is 2.56 bits per heavy atom. The maximum atomic E-state index is 12.6. The summed E-state index contributed by atoms with van der Waals surface area (Å²) in [6, 6.07) is 18.3. The quantitative estimate of drug-likeness (QED) is 0.498. The second-order valence-electron chi connectivity index (χ2n) is 5.83. The number of nitrogens with one attached hydrogen (secondary N) is 2. The van der Waals surface area contributed by atoms with Crippen LogP contribution in [-0.2, 0) is 4.79 Å². The summed E-state index contributed by atoms with van der Waals surface area (Å²) in [4.78, 5) is 25.8. The van der Waals surface area contributed by atoms with Crippen molar-refractivity contribution in [1.82, 2.24) is 0 Å². The second kappa shape index (κ2) is 8.79. The van der Waals surface area contributed by atoms with E-state index in [4.69, 9.17) is 0 Å². The van der Waals surface area contributed by atoms with Crippen molar-refractivity contribution in [2.45, 2.75) is 6.92 Å². The summed E-state index contributed by atoms with van der Waals surface area (Å²) in [6.45, 7) is 1.96. The van der Waals surface area contributed by atoms with Crippen molar-refractivity contribution in [3.8, 4) is 0 Å². The zero-order valence-corrected chi connectivity index (χ0v) is 16.9. The van der Waals surface area contributed by atoms with Crippen molar-refractivity contribution in [3.05, 3.63) is 86.5 Å². The van der Waals surface area contributed by atoms with Crippen LogP contribution in [0.3, 0.4) is 0 Å². The molecule has 2 N–H and O–H groups in total. The van der Waals surface area contributed by atoms with Gasteiger partial charge < -0.3 is 10.6 Å². The number of hydrogen-bond acceptors (Lipinski definition) is 3. The highest BCUT2D eigenvalue weighted by molar-refractivity contribution is 9.11. The first-order chi connectivity index (χ1) is 13.0. The van der Waals surface area contributed by atoms with Crippen LogP contribution in [-0.4, -0.2) is 11.8 Å². The van der Waals surface area contributed by atoms with E-state index in [1.54, 1.807) is 30.3 Å². The lowest BCUT2D eigenvalue weighted by molar-refractivity contribution is -0.111. The highest BCUT2D eigenvalue weighted by Gasteiger charge is 2.12. The van der Waals surface area contributed by atoms with Crippen LogP contribution in [0.1, 0.15) is 20.8 Å². The minimum atomic E-state index is -0.296. The molecule has 1 aromatic heterocycles. The van der Waals surface area contributed by atoms with Crippen LogP contribution >= 0.6 is 27.3 Å². The monoisotopic (exact) mass is 440 g/mol. The van der Waals surface area contributed by atoms with Crippen molar-refractivity contribution >= 4 is 56.5 Å². The number of halogens is 1. The number of amides is 2. The lowest BCUT2D eigenvalue weighted by Crippen LogP contribution is -2.17. The van der Waals surface area contributed by atoms with Crippen LogP contribution in [0.5, 0.6) is 0 Å². The maximum Gasteiger partial charge on any atom is 0.257 e. The van der Waals surface area contributed by atoms with Gasteiger partial charge in [-0.05, 0) is 70.9 Å². The van der Waals surface area contributed by atoms with Crippen molar-refractivity contribution in [2.75, 3.05) is 10.6 Å². The van der Waals surface area contributed by atoms with Crippen LogP contribution in [0.15, 0.2) is 70.5 Å². The largest absolute Gasteiger partial charge is 0.322 e. The normalized spacial score (nSPS) is 10.7. The highest BCUT2D eigenvalue weighted by Crippen LogP contribution is 2.23. The molecule has 0 spiro atoms. The molecule has 2 amide bonds. The molecular weight excluding hydrogens is 424 g/mol. The summed E-state index contributed by atoms with van der Waals surface area (Å²) >= 11 is 4.92. The van der Waals surface area contributed by atoms with E-state index in [1.807, 2.05) is 43.3 Å². The molecule has 3 aromatic rings. The third kappa shape index (κ3) is 5.39. The Hall–Kier alpha value is -2.70. The Bertz CT molecular complexity index is 1010. The molecule has 6 heteroatoms. The van der Waals surface area contributed by atoms with Crippen LogP contribution in [0.25, 0.3) is 6.08 Å². The molecule has 136 valence electrons. The summed E-state index contributed by atoms with van der Waals surface area (Å²) in [6.07, 6.45) is 3.19. The fourth-order valence-corrected chi connectivity index (χ4v) is 3.79. The lowest BCUT2D eigenvalue weighted by atomic mass is 10.1. The van der Waals surface area contributed by atoms with Gasteiger partial charge in [-0.15, -0.1) is 11.3 Å². The number of carbonyl (C=O) groups is 2. The SMILES string of the molecule is Cc1cccc(NC(=O)c2ccccc2NC(=O)C=Cc2ccc(Br)s2)c1. The third-order valence-electron chi connectivity index (χ3n) is 3.70. The molecule has 0 fully saturated rings. The smallest absolute Gasteiger partial charge is 0.257 e. The molecule has 0 saturated heterocycles. The first kappa shape index (κ1) is 19.1. The van der Waals surface area contributed by atoms with E-state index < -0.39 is 0 Å². The fourth-order valence-electron chi connectivity index (χ4n) is 2.46. The minimum absolute atomic E-state index is 0.275. The molecule has 0 unspecified atom stereocenters. The van der Waals surface area contributed by atoms with E-state index in [9.17, 15) is 9.59 Å². The highest BCUT2D eigenvalue weighted by atomic mass is 79.9. The average Bonchev–Trinajstić information content (AvgIpc) is 3.06. The number of benzene rings is 2. The zero-order valence-electron chi connectivity index (χ0n) is 14.5. The maximum absolute atomic E-state index is 12.6. The van der Waals surface area contributed by atoms with Crippen LogP contribution < -0.4 is 10.6 Å². The first-order valence-electron chi connectivity index (χ1n) is 8.23. The lowest BCUT2D eigenvalue weighted by Gasteiger charge is -2.11. The summed E-state index contributed by atoms with van der Waals surface area (Å²) in [5.41, 5.74) is 2.63. The van der Waals surface area contributed by atoms with Gasteiger partial charge in [0.2, 0.25) is 5.91 Å². The predicted molar refractivity (Wildman–Crippen MR) is 115 cm³/mol. The molecule has 27 heavy (non-hydrogen) atoms. The fraction of sp³-hybridized carbons (Fsp3) is 0.0476. The standard InChI is InChI=1S/C21H17BrN2O2S/c1-14-5-4-6-15(13-14)23-21(26)17-7-2-3-8-18(17)24-20(25)12-10-16-9-11-19(22)27-16/h2-13H,1H3,(H,23,26)(H,24,25). The van der Waals surface area contributed by atoms with Crippen molar-refractivity contribution < 1.29 is 9.59 Å². The minimum Gasteiger partial charge on any atom is -0.322 e. The molecule has 0 aliphatic heterocycles. The van der Waals surface area contributed by atoms with Crippen molar-refractivity contribution in [1.29, 1.82) is 0 Å². The van der Waals surface area contributed by atoms with Crippen LogP contribution in [0.4, 0.5) is 11.4 Å². The van der Waals surface area contributed by atoms with E-state index in [2.05, 4.69) is 26.6 Å². The first-order valence-corrected chi connectivity index (χ1v) is 9.84. The topological polar surface area (TPSA) is 58.2 Å². The summed E-state index contributed by atoms with van der Waals surface area (Å²) in [7, 11) is 0. The predicted octanol–water partition coefficient (Wildman–Crippen LogP) is 5.72. The van der Waals surface area contributed by atoms with Crippen LogP contribution in [0, 0.1) is 6.92 Å². The number of carbonyl (C=O) groups excluding carboxylic acids is 2. The number of para-hydroxylation sites is 1. The van der Waals surface area contributed by atoms with Gasteiger partial charge in [-0.2, -0.15) is 0 Å². The van der Waals surface area contributed by atoms with E-state index >= 15 is 0 Å². The molecule has 0 radical (unpaired) electrons. The Balaban J connectivity index is 1.72. The molecule has 0 atom stereocenters. The summed E-state index contributed by atoms with van der Waals surface area (Å²) < 4.78 is 1.00. The molecule has 3 rings (SSSR count). The number of thiophene rings is 1. The van der Waals surface area contributed by atoms with E-state index in [0.29, 0.717) is 16.9 Å². The zero-order chi connectivity index (χ0) is 19.2. The molecule has 0 aliphatic carbocycles. The van der Waals surface area contributed by atoms with Gasteiger partial charge in [0.1, 0.15) is 0 Å². The number of hydrogen-bond donors (Lipinski definition) is 2. The van der Waals surface area contributed by atoms with E-state index in [1.165, 1.54) is 17.4 Å². The van der Waals surface area contributed by atoms with Gasteiger partial charge in [-0.3, -0.25) is 9.59 Å². The number of rotatable bonds is 5. The Kier molecular flexibility index (Phi) is 6.21. The molecular formula is C21H17BrN2O2S.